The maximum absolute atomic E-state index is 12.8. The molecule has 0 saturated carbocycles. The second kappa shape index (κ2) is 6.82. The number of amides is 1. The molecule has 3 aromatic rings. The standard InChI is InChI=1S/C18H13FN2O3S/c19-15-7-4-13(5-8-15)6-9-18(22)21-25(23,24)17-3-1-2-14-12-20-11-10-16(14)17/h1-12H,(H,21,22)/b9-6+. The molecule has 1 amide bonds. The Morgan fingerprint density at radius 3 is 2.60 bits per heavy atom. The summed E-state index contributed by atoms with van der Waals surface area (Å²) in [5.41, 5.74) is 0.574. The Bertz CT molecular complexity index is 1060. The van der Waals surface area contributed by atoms with E-state index in [4.69, 9.17) is 0 Å². The van der Waals surface area contributed by atoms with E-state index in [1.165, 1.54) is 42.6 Å². The summed E-state index contributed by atoms with van der Waals surface area (Å²) < 4.78 is 39.8. The minimum Gasteiger partial charge on any atom is -0.269 e. The number of hydrogen-bond donors (Lipinski definition) is 1. The number of hydrogen-bond acceptors (Lipinski definition) is 4. The van der Waals surface area contributed by atoms with Gasteiger partial charge in [-0.1, -0.05) is 24.3 Å². The minimum atomic E-state index is -4.04. The normalized spacial score (nSPS) is 11.7. The summed E-state index contributed by atoms with van der Waals surface area (Å²) in [6, 6.07) is 11.8. The van der Waals surface area contributed by atoms with Crippen LogP contribution < -0.4 is 4.72 Å². The molecule has 7 heteroatoms. The number of nitrogens with zero attached hydrogens (tertiary/aromatic N) is 1. The van der Waals surface area contributed by atoms with Gasteiger partial charge in [0.05, 0.1) is 4.90 Å². The second-order valence-electron chi connectivity index (χ2n) is 5.21. The van der Waals surface area contributed by atoms with Crippen molar-refractivity contribution in [2.75, 3.05) is 0 Å². The molecule has 0 aliphatic rings. The van der Waals surface area contributed by atoms with Crippen LogP contribution in [0, 0.1) is 5.82 Å². The van der Waals surface area contributed by atoms with E-state index in [0.717, 1.165) is 6.08 Å². The number of pyridine rings is 1. The van der Waals surface area contributed by atoms with Crippen LogP contribution in [0.25, 0.3) is 16.8 Å². The number of carbonyl (C=O) groups is 1. The van der Waals surface area contributed by atoms with Crippen molar-refractivity contribution in [3.63, 3.8) is 0 Å². The van der Waals surface area contributed by atoms with Gasteiger partial charge in [-0.15, -0.1) is 0 Å². The van der Waals surface area contributed by atoms with Crippen LogP contribution >= 0.6 is 0 Å². The third kappa shape index (κ3) is 3.89. The van der Waals surface area contributed by atoms with Crippen molar-refractivity contribution in [2.45, 2.75) is 4.90 Å². The first kappa shape index (κ1) is 16.8. The van der Waals surface area contributed by atoms with E-state index >= 15 is 0 Å². The molecule has 0 aliphatic heterocycles. The lowest BCUT2D eigenvalue weighted by atomic mass is 10.2. The van der Waals surface area contributed by atoms with Gasteiger partial charge >= 0.3 is 0 Å². The highest BCUT2D eigenvalue weighted by atomic mass is 32.2. The molecule has 25 heavy (non-hydrogen) atoms. The van der Waals surface area contributed by atoms with E-state index < -0.39 is 21.7 Å². The Morgan fingerprint density at radius 2 is 1.84 bits per heavy atom. The maximum Gasteiger partial charge on any atom is 0.264 e. The van der Waals surface area contributed by atoms with Crippen molar-refractivity contribution >= 4 is 32.8 Å². The molecule has 0 atom stereocenters. The fourth-order valence-electron chi connectivity index (χ4n) is 2.29. The van der Waals surface area contributed by atoms with Gasteiger partial charge in [0.15, 0.2) is 0 Å². The predicted octanol–water partition coefficient (Wildman–Crippen LogP) is 2.89. The van der Waals surface area contributed by atoms with E-state index in [1.54, 1.807) is 24.4 Å². The van der Waals surface area contributed by atoms with E-state index in [-0.39, 0.29) is 4.90 Å². The Labute approximate surface area is 143 Å². The first-order chi connectivity index (χ1) is 12.0. The van der Waals surface area contributed by atoms with Crippen LogP contribution in [-0.2, 0) is 14.8 Å². The summed E-state index contributed by atoms with van der Waals surface area (Å²) in [6.45, 7) is 0. The summed E-state index contributed by atoms with van der Waals surface area (Å²) in [7, 11) is -4.04. The predicted molar refractivity (Wildman–Crippen MR) is 92.5 cm³/mol. The molecule has 1 aromatic heterocycles. The van der Waals surface area contributed by atoms with Crippen molar-refractivity contribution in [1.29, 1.82) is 0 Å². The third-order valence-electron chi connectivity index (χ3n) is 3.46. The molecule has 2 aromatic carbocycles. The molecular formula is C18H13FN2O3S. The van der Waals surface area contributed by atoms with Crippen molar-refractivity contribution in [2.24, 2.45) is 0 Å². The van der Waals surface area contributed by atoms with Crippen LogP contribution in [0.4, 0.5) is 4.39 Å². The van der Waals surface area contributed by atoms with Crippen LogP contribution in [0.3, 0.4) is 0 Å². The van der Waals surface area contributed by atoms with Crippen molar-refractivity contribution in [1.82, 2.24) is 9.71 Å². The number of rotatable bonds is 4. The minimum absolute atomic E-state index is 0.00377. The van der Waals surface area contributed by atoms with Crippen LogP contribution in [-0.4, -0.2) is 19.3 Å². The fourth-order valence-corrected chi connectivity index (χ4v) is 3.47. The van der Waals surface area contributed by atoms with Crippen LogP contribution in [0.5, 0.6) is 0 Å². The molecule has 0 fully saturated rings. The molecule has 0 aliphatic carbocycles. The van der Waals surface area contributed by atoms with Crippen molar-refractivity contribution < 1.29 is 17.6 Å². The van der Waals surface area contributed by atoms with Gasteiger partial charge in [0.25, 0.3) is 15.9 Å². The topological polar surface area (TPSA) is 76.1 Å². The quantitative estimate of drug-likeness (QED) is 0.729. The Hall–Kier alpha value is -3.06. The molecule has 3 rings (SSSR count). The van der Waals surface area contributed by atoms with Gasteiger partial charge in [-0.2, -0.15) is 0 Å². The lowest BCUT2D eigenvalue weighted by Gasteiger charge is -2.08. The van der Waals surface area contributed by atoms with Gasteiger partial charge in [0.1, 0.15) is 5.82 Å². The highest BCUT2D eigenvalue weighted by molar-refractivity contribution is 7.90. The SMILES string of the molecule is O=C(/C=C/c1ccc(F)cc1)NS(=O)(=O)c1cccc2cnccc12. The summed E-state index contributed by atoms with van der Waals surface area (Å²) in [5.74, 6) is -1.19. The highest BCUT2D eigenvalue weighted by Crippen LogP contribution is 2.21. The fraction of sp³-hybridized carbons (Fsp3) is 0. The average molecular weight is 356 g/mol. The largest absolute Gasteiger partial charge is 0.269 e. The summed E-state index contributed by atoms with van der Waals surface area (Å²) >= 11 is 0. The first-order valence-corrected chi connectivity index (χ1v) is 8.77. The molecule has 1 N–H and O–H groups in total. The molecule has 0 saturated heterocycles. The number of aromatic nitrogens is 1. The summed E-state index contributed by atoms with van der Waals surface area (Å²) in [6.07, 6.45) is 5.51. The van der Waals surface area contributed by atoms with Gasteiger partial charge in [0, 0.05) is 29.2 Å². The molecule has 0 radical (unpaired) electrons. The number of sulfonamides is 1. The van der Waals surface area contributed by atoms with Gasteiger partial charge in [-0.25, -0.2) is 17.5 Å². The molecule has 5 nitrogen and oxygen atoms in total. The van der Waals surface area contributed by atoms with E-state index in [1.807, 2.05) is 4.72 Å². The number of benzene rings is 2. The lowest BCUT2D eigenvalue weighted by Crippen LogP contribution is -2.29. The molecule has 0 bridgehead atoms. The molecular weight excluding hydrogens is 343 g/mol. The zero-order chi connectivity index (χ0) is 17.9. The summed E-state index contributed by atoms with van der Waals surface area (Å²) in [5, 5.41) is 1.12. The van der Waals surface area contributed by atoms with Gasteiger partial charge < -0.3 is 0 Å². The Morgan fingerprint density at radius 1 is 1.08 bits per heavy atom. The van der Waals surface area contributed by atoms with E-state index in [0.29, 0.717) is 16.3 Å². The molecule has 126 valence electrons. The number of halogens is 1. The van der Waals surface area contributed by atoms with Crippen molar-refractivity contribution in [3.05, 3.63) is 78.4 Å². The number of fused-ring (bicyclic) bond motifs is 1. The van der Waals surface area contributed by atoms with Crippen LogP contribution in [0.1, 0.15) is 5.56 Å². The van der Waals surface area contributed by atoms with Gasteiger partial charge in [-0.3, -0.25) is 9.78 Å². The summed E-state index contributed by atoms with van der Waals surface area (Å²) in [4.78, 5) is 15.9. The zero-order valence-electron chi connectivity index (χ0n) is 12.9. The highest BCUT2D eigenvalue weighted by Gasteiger charge is 2.18. The monoisotopic (exact) mass is 356 g/mol. The first-order valence-electron chi connectivity index (χ1n) is 7.29. The van der Waals surface area contributed by atoms with Crippen LogP contribution in [0.2, 0.25) is 0 Å². The zero-order valence-corrected chi connectivity index (χ0v) is 13.7. The average Bonchev–Trinajstić information content (AvgIpc) is 2.60. The second-order valence-corrected chi connectivity index (χ2v) is 6.86. The molecule has 1 heterocycles. The lowest BCUT2D eigenvalue weighted by molar-refractivity contribution is -0.114. The Balaban J connectivity index is 1.83. The van der Waals surface area contributed by atoms with Gasteiger partial charge in [0.2, 0.25) is 0 Å². The van der Waals surface area contributed by atoms with Gasteiger partial charge in [-0.05, 0) is 35.9 Å². The number of nitrogens with one attached hydrogen (secondary N) is 1. The van der Waals surface area contributed by atoms with E-state index in [2.05, 4.69) is 4.98 Å². The van der Waals surface area contributed by atoms with E-state index in [9.17, 15) is 17.6 Å². The van der Waals surface area contributed by atoms with Crippen molar-refractivity contribution in [3.8, 4) is 0 Å². The number of carbonyl (C=O) groups excluding carboxylic acids is 1. The van der Waals surface area contributed by atoms with Crippen LogP contribution in [0.15, 0.2) is 71.9 Å². The third-order valence-corrected chi connectivity index (χ3v) is 4.87. The molecule has 0 unspecified atom stereocenters. The maximum atomic E-state index is 12.8. The smallest absolute Gasteiger partial charge is 0.264 e. The Kier molecular flexibility index (Phi) is 4.58. The molecule has 0 spiro atoms.